The molecule has 0 N–H and O–H groups in total. The van der Waals surface area contributed by atoms with Crippen molar-refractivity contribution in [2.24, 2.45) is 5.92 Å². The SMILES string of the molecule is COCC1CCCN(S(=O)(=O)c2c(F)cccc2F)C1. The monoisotopic (exact) mass is 305 g/mol. The van der Waals surface area contributed by atoms with Crippen LogP contribution in [0.1, 0.15) is 12.8 Å². The van der Waals surface area contributed by atoms with Gasteiger partial charge in [0.1, 0.15) is 11.6 Å². The lowest BCUT2D eigenvalue weighted by Crippen LogP contribution is -2.41. The smallest absolute Gasteiger partial charge is 0.248 e. The van der Waals surface area contributed by atoms with E-state index in [0.717, 1.165) is 28.9 Å². The van der Waals surface area contributed by atoms with Crippen LogP contribution in [0.25, 0.3) is 0 Å². The van der Waals surface area contributed by atoms with Crippen LogP contribution in [0.2, 0.25) is 0 Å². The fraction of sp³-hybridized carbons (Fsp3) is 0.538. The summed E-state index contributed by atoms with van der Waals surface area (Å²) in [4.78, 5) is -0.863. The Morgan fingerprint density at radius 2 is 2.00 bits per heavy atom. The summed E-state index contributed by atoms with van der Waals surface area (Å²) in [5, 5.41) is 0. The van der Waals surface area contributed by atoms with E-state index in [1.54, 1.807) is 7.11 Å². The van der Waals surface area contributed by atoms with Gasteiger partial charge in [0, 0.05) is 20.2 Å². The number of piperidine rings is 1. The maximum Gasteiger partial charge on any atom is 0.248 e. The number of ether oxygens (including phenoxy) is 1. The van der Waals surface area contributed by atoms with Crippen molar-refractivity contribution in [2.75, 3.05) is 26.8 Å². The number of methoxy groups -OCH3 is 1. The minimum absolute atomic E-state index is 0.0540. The summed E-state index contributed by atoms with van der Waals surface area (Å²) < 4.78 is 58.3. The molecule has 7 heteroatoms. The van der Waals surface area contributed by atoms with Gasteiger partial charge < -0.3 is 4.74 Å². The van der Waals surface area contributed by atoms with Crippen molar-refractivity contribution in [2.45, 2.75) is 17.7 Å². The van der Waals surface area contributed by atoms with E-state index < -0.39 is 26.6 Å². The van der Waals surface area contributed by atoms with Gasteiger partial charge in [-0.2, -0.15) is 4.31 Å². The predicted octanol–water partition coefficient (Wildman–Crippen LogP) is 2.01. The number of sulfonamides is 1. The molecule has 0 amide bonds. The Balaban J connectivity index is 2.30. The van der Waals surface area contributed by atoms with E-state index in [9.17, 15) is 17.2 Å². The molecular weight excluding hydrogens is 288 g/mol. The normalized spacial score (nSPS) is 21.1. The van der Waals surface area contributed by atoms with Crippen LogP contribution in [0.3, 0.4) is 0 Å². The lowest BCUT2D eigenvalue weighted by molar-refractivity contribution is 0.118. The van der Waals surface area contributed by atoms with E-state index in [-0.39, 0.29) is 19.0 Å². The van der Waals surface area contributed by atoms with Gasteiger partial charge in [-0.3, -0.25) is 0 Å². The third-order valence-electron chi connectivity index (χ3n) is 3.40. The Kier molecular flexibility index (Phi) is 4.72. The summed E-state index contributed by atoms with van der Waals surface area (Å²) in [5.74, 6) is -2.06. The number of rotatable bonds is 4. The van der Waals surface area contributed by atoms with Crippen molar-refractivity contribution in [1.82, 2.24) is 4.31 Å². The first-order chi connectivity index (χ1) is 9.46. The Bertz CT molecular complexity index is 555. The van der Waals surface area contributed by atoms with E-state index in [0.29, 0.717) is 13.0 Å². The van der Waals surface area contributed by atoms with Crippen molar-refractivity contribution in [3.63, 3.8) is 0 Å². The Morgan fingerprint density at radius 3 is 2.60 bits per heavy atom. The zero-order valence-electron chi connectivity index (χ0n) is 11.2. The molecule has 0 bridgehead atoms. The van der Waals surface area contributed by atoms with Gasteiger partial charge in [0.2, 0.25) is 10.0 Å². The van der Waals surface area contributed by atoms with Crippen molar-refractivity contribution in [3.8, 4) is 0 Å². The van der Waals surface area contributed by atoms with E-state index in [1.165, 1.54) is 0 Å². The molecule has 1 atom stereocenters. The van der Waals surface area contributed by atoms with Gasteiger partial charge in [-0.1, -0.05) is 6.07 Å². The maximum atomic E-state index is 13.7. The molecule has 0 aromatic heterocycles. The first-order valence-corrected chi connectivity index (χ1v) is 7.84. The van der Waals surface area contributed by atoms with Gasteiger partial charge in [0.25, 0.3) is 0 Å². The highest BCUT2D eigenvalue weighted by atomic mass is 32.2. The summed E-state index contributed by atoms with van der Waals surface area (Å²) in [7, 11) is -2.60. The third-order valence-corrected chi connectivity index (χ3v) is 5.32. The molecule has 2 rings (SSSR count). The number of benzene rings is 1. The largest absolute Gasteiger partial charge is 0.384 e. The molecule has 1 heterocycles. The summed E-state index contributed by atoms with van der Waals surface area (Å²) in [6.07, 6.45) is 1.50. The molecule has 0 saturated carbocycles. The molecule has 0 aliphatic carbocycles. The molecule has 1 aliphatic heterocycles. The quantitative estimate of drug-likeness (QED) is 0.855. The molecule has 1 aromatic carbocycles. The molecule has 1 aromatic rings. The number of hydrogen-bond acceptors (Lipinski definition) is 3. The van der Waals surface area contributed by atoms with E-state index in [4.69, 9.17) is 4.74 Å². The molecule has 20 heavy (non-hydrogen) atoms. The van der Waals surface area contributed by atoms with E-state index in [1.807, 2.05) is 0 Å². The first-order valence-electron chi connectivity index (χ1n) is 6.40. The van der Waals surface area contributed by atoms with Crippen molar-refractivity contribution >= 4 is 10.0 Å². The Labute approximate surface area is 117 Å². The third kappa shape index (κ3) is 2.99. The van der Waals surface area contributed by atoms with Gasteiger partial charge in [-0.05, 0) is 30.9 Å². The lowest BCUT2D eigenvalue weighted by atomic mass is 10.0. The Hall–Kier alpha value is -1.05. The van der Waals surface area contributed by atoms with Crippen LogP contribution in [0.15, 0.2) is 23.1 Å². The number of hydrogen-bond donors (Lipinski definition) is 0. The molecule has 1 saturated heterocycles. The van der Waals surface area contributed by atoms with Crippen molar-refractivity contribution in [1.29, 1.82) is 0 Å². The fourth-order valence-electron chi connectivity index (χ4n) is 2.47. The average Bonchev–Trinajstić information content (AvgIpc) is 2.39. The summed E-state index contributed by atoms with van der Waals surface area (Å²) in [6, 6.07) is 3.05. The second-order valence-corrected chi connectivity index (χ2v) is 6.75. The number of halogens is 2. The average molecular weight is 305 g/mol. The summed E-state index contributed by atoms with van der Waals surface area (Å²) in [6.45, 7) is 0.937. The van der Waals surface area contributed by atoms with Crippen LogP contribution in [-0.2, 0) is 14.8 Å². The molecule has 0 radical (unpaired) electrons. The lowest BCUT2D eigenvalue weighted by Gasteiger charge is -2.31. The number of nitrogens with zero attached hydrogens (tertiary/aromatic N) is 1. The van der Waals surface area contributed by atoms with Gasteiger partial charge in [-0.15, -0.1) is 0 Å². The molecule has 112 valence electrons. The standard InChI is InChI=1S/C13H17F2NO3S/c1-19-9-10-4-3-7-16(8-10)20(17,18)13-11(14)5-2-6-12(13)15/h2,5-6,10H,3-4,7-9H2,1H3. The minimum atomic E-state index is -4.15. The van der Waals surface area contributed by atoms with Crippen LogP contribution >= 0.6 is 0 Å². The highest BCUT2D eigenvalue weighted by Gasteiger charge is 2.34. The zero-order valence-corrected chi connectivity index (χ0v) is 12.0. The zero-order chi connectivity index (χ0) is 14.8. The minimum Gasteiger partial charge on any atom is -0.384 e. The molecule has 0 spiro atoms. The van der Waals surface area contributed by atoms with Gasteiger partial charge in [0.15, 0.2) is 4.90 Å². The fourth-order valence-corrected chi connectivity index (χ4v) is 4.14. The Morgan fingerprint density at radius 1 is 1.35 bits per heavy atom. The second kappa shape index (κ2) is 6.15. The molecule has 1 unspecified atom stereocenters. The highest BCUT2D eigenvalue weighted by molar-refractivity contribution is 7.89. The topological polar surface area (TPSA) is 46.6 Å². The van der Waals surface area contributed by atoms with Crippen LogP contribution < -0.4 is 0 Å². The second-order valence-electron chi connectivity index (χ2n) is 4.88. The van der Waals surface area contributed by atoms with Crippen LogP contribution in [-0.4, -0.2) is 39.5 Å². The van der Waals surface area contributed by atoms with Crippen LogP contribution in [0, 0.1) is 17.6 Å². The van der Waals surface area contributed by atoms with Gasteiger partial charge in [-0.25, -0.2) is 17.2 Å². The molecule has 1 aliphatic rings. The van der Waals surface area contributed by atoms with Gasteiger partial charge >= 0.3 is 0 Å². The van der Waals surface area contributed by atoms with E-state index >= 15 is 0 Å². The summed E-state index contributed by atoms with van der Waals surface area (Å²) in [5.41, 5.74) is 0. The summed E-state index contributed by atoms with van der Waals surface area (Å²) >= 11 is 0. The van der Waals surface area contributed by atoms with Gasteiger partial charge in [0.05, 0.1) is 6.61 Å². The molecular formula is C13H17F2NO3S. The molecule has 1 fully saturated rings. The van der Waals surface area contributed by atoms with Crippen LogP contribution in [0.4, 0.5) is 8.78 Å². The first kappa shape index (κ1) is 15.3. The highest BCUT2D eigenvalue weighted by Crippen LogP contribution is 2.27. The van der Waals surface area contributed by atoms with Crippen molar-refractivity contribution < 1.29 is 21.9 Å². The molecule has 4 nitrogen and oxygen atoms in total. The van der Waals surface area contributed by atoms with E-state index in [2.05, 4.69) is 0 Å². The maximum absolute atomic E-state index is 13.7. The predicted molar refractivity (Wildman–Crippen MR) is 69.7 cm³/mol. The van der Waals surface area contributed by atoms with Crippen molar-refractivity contribution in [3.05, 3.63) is 29.8 Å². The van der Waals surface area contributed by atoms with Crippen LogP contribution in [0.5, 0.6) is 0 Å².